The van der Waals surface area contributed by atoms with Gasteiger partial charge in [-0.25, -0.2) is 13.1 Å². The van der Waals surface area contributed by atoms with Crippen molar-refractivity contribution < 1.29 is 8.42 Å². The Hall–Kier alpha value is -0.140. The van der Waals surface area contributed by atoms with Crippen molar-refractivity contribution in [3.8, 4) is 0 Å². The van der Waals surface area contributed by atoms with Crippen molar-refractivity contribution in [1.29, 1.82) is 0 Å². The van der Waals surface area contributed by atoms with Gasteiger partial charge in [-0.15, -0.1) is 12.4 Å². The van der Waals surface area contributed by atoms with Crippen molar-refractivity contribution in [3.05, 3.63) is 28.7 Å². The zero-order chi connectivity index (χ0) is 13.0. The van der Waals surface area contributed by atoms with E-state index in [0.29, 0.717) is 17.4 Å². The van der Waals surface area contributed by atoms with Crippen molar-refractivity contribution in [2.45, 2.75) is 17.7 Å². The zero-order valence-corrected chi connectivity index (χ0v) is 13.7. The van der Waals surface area contributed by atoms with Crippen molar-refractivity contribution in [2.75, 3.05) is 19.6 Å². The molecule has 0 aliphatic carbocycles. The van der Waals surface area contributed by atoms with Crippen LogP contribution >= 0.6 is 28.3 Å². The van der Waals surface area contributed by atoms with E-state index < -0.39 is 10.0 Å². The monoisotopic (exact) mass is 368 g/mol. The Morgan fingerprint density at radius 3 is 2.84 bits per heavy atom. The van der Waals surface area contributed by atoms with Crippen LogP contribution in [0.4, 0.5) is 0 Å². The summed E-state index contributed by atoms with van der Waals surface area (Å²) in [6.45, 7) is 2.43. The summed E-state index contributed by atoms with van der Waals surface area (Å²) >= 11 is 3.28. The number of rotatable bonds is 4. The Morgan fingerprint density at radius 2 is 2.21 bits per heavy atom. The lowest BCUT2D eigenvalue weighted by molar-refractivity contribution is 0.376. The highest BCUT2D eigenvalue weighted by atomic mass is 79.9. The predicted octanol–water partition coefficient (Wildman–Crippen LogP) is 2.15. The molecule has 1 heterocycles. The minimum Gasteiger partial charge on any atom is -0.316 e. The molecule has 19 heavy (non-hydrogen) atoms. The lowest BCUT2D eigenvalue weighted by atomic mass is 10.0. The molecule has 1 aromatic carbocycles. The number of sulfonamides is 1. The van der Waals surface area contributed by atoms with Crippen LogP contribution in [0.5, 0.6) is 0 Å². The molecule has 7 heteroatoms. The molecule has 0 radical (unpaired) electrons. The number of halogens is 2. The normalized spacial score (nSPS) is 19.7. The molecular weight excluding hydrogens is 352 g/mol. The van der Waals surface area contributed by atoms with Gasteiger partial charge in [0.1, 0.15) is 0 Å². The van der Waals surface area contributed by atoms with Gasteiger partial charge in [-0.1, -0.05) is 22.0 Å². The first kappa shape index (κ1) is 16.9. The quantitative estimate of drug-likeness (QED) is 0.855. The fourth-order valence-electron chi connectivity index (χ4n) is 2.04. The summed E-state index contributed by atoms with van der Waals surface area (Å²) in [5.74, 6) is 0.390. The van der Waals surface area contributed by atoms with E-state index in [1.165, 1.54) is 0 Å². The molecule has 0 amide bonds. The summed E-state index contributed by atoms with van der Waals surface area (Å²) in [7, 11) is -3.39. The smallest absolute Gasteiger partial charge is 0.240 e. The van der Waals surface area contributed by atoms with Crippen LogP contribution in [0, 0.1) is 5.92 Å². The van der Waals surface area contributed by atoms with Crippen molar-refractivity contribution >= 4 is 38.4 Å². The maximum atomic E-state index is 12.1. The largest absolute Gasteiger partial charge is 0.316 e. The molecule has 1 saturated heterocycles. The summed E-state index contributed by atoms with van der Waals surface area (Å²) in [6, 6.07) is 6.75. The second-order valence-corrected chi connectivity index (χ2v) is 7.20. The van der Waals surface area contributed by atoms with Gasteiger partial charge in [0.05, 0.1) is 4.90 Å². The summed E-state index contributed by atoms with van der Waals surface area (Å²) in [5, 5.41) is 3.28. The molecule has 2 rings (SSSR count). The van der Waals surface area contributed by atoms with Crippen LogP contribution in [0.2, 0.25) is 0 Å². The third-order valence-electron chi connectivity index (χ3n) is 3.07. The van der Waals surface area contributed by atoms with Crippen molar-refractivity contribution in [2.24, 2.45) is 5.92 Å². The van der Waals surface area contributed by atoms with Crippen molar-refractivity contribution in [1.82, 2.24) is 10.0 Å². The summed E-state index contributed by atoms with van der Waals surface area (Å²) in [5.41, 5.74) is 0. The fourth-order valence-corrected chi connectivity index (χ4v) is 3.76. The number of hydrogen-bond donors (Lipinski definition) is 2. The molecule has 4 nitrogen and oxygen atoms in total. The van der Waals surface area contributed by atoms with E-state index >= 15 is 0 Å². The number of nitrogens with one attached hydrogen (secondary N) is 2. The fraction of sp³-hybridized carbons (Fsp3) is 0.500. The van der Waals surface area contributed by atoms with Crippen LogP contribution in [-0.2, 0) is 10.0 Å². The van der Waals surface area contributed by atoms with Crippen LogP contribution < -0.4 is 10.0 Å². The van der Waals surface area contributed by atoms with Gasteiger partial charge in [0.2, 0.25) is 10.0 Å². The molecule has 0 bridgehead atoms. The van der Waals surface area contributed by atoms with Crippen LogP contribution in [0.25, 0.3) is 0 Å². The van der Waals surface area contributed by atoms with E-state index in [4.69, 9.17) is 0 Å². The molecule has 1 aliphatic heterocycles. The lowest BCUT2D eigenvalue weighted by Gasteiger charge is -2.22. The minimum absolute atomic E-state index is 0. The SMILES string of the molecule is Cl.O=S(=O)(NCC1CCCNC1)c1cccc(Br)c1. The summed E-state index contributed by atoms with van der Waals surface area (Å²) < 4.78 is 27.6. The molecule has 1 fully saturated rings. The van der Waals surface area contributed by atoms with E-state index in [1.54, 1.807) is 18.2 Å². The Balaban J connectivity index is 0.00000180. The Labute approximate surface area is 128 Å². The van der Waals surface area contributed by atoms with Crippen molar-refractivity contribution in [3.63, 3.8) is 0 Å². The van der Waals surface area contributed by atoms with Gasteiger partial charge in [0.25, 0.3) is 0 Å². The van der Waals surface area contributed by atoms with E-state index in [-0.39, 0.29) is 12.4 Å². The van der Waals surface area contributed by atoms with E-state index in [0.717, 1.165) is 30.4 Å². The minimum atomic E-state index is -3.39. The van der Waals surface area contributed by atoms with Gasteiger partial charge in [0.15, 0.2) is 0 Å². The molecule has 0 aromatic heterocycles. The zero-order valence-electron chi connectivity index (χ0n) is 10.4. The van der Waals surface area contributed by atoms with E-state index in [1.807, 2.05) is 6.07 Å². The highest BCUT2D eigenvalue weighted by Gasteiger charge is 2.18. The lowest BCUT2D eigenvalue weighted by Crippen LogP contribution is -2.38. The maximum absolute atomic E-state index is 12.1. The molecule has 108 valence electrons. The van der Waals surface area contributed by atoms with Gasteiger partial charge < -0.3 is 5.32 Å². The molecule has 1 atom stereocenters. The maximum Gasteiger partial charge on any atom is 0.240 e. The first-order valence-electron chi connectivity index (χ1n) is 6.04. The average Bonchev–Trinajstić information content (AvgIpc) is 2.38. The Kier molecular flexibility index (Phi) is 6.76. The van der Waals surface area contributed by atoms with E-state index in [2.05, 4.69) is 26.0 Å². The molecular formula is C12H18BrClN2O2S. The summed E-state index contributed by atoms with van der Waals surface area (Å²) in [4.78, 5) is 0.306. The topological polar surface area (TPSA) is 58.2 Å². The third kappa shape index (κ3) is 5.04. The van der Waals surface area contributed by atoms with Crippen LogP contribution in [-0.4, -0.2) is 28.1 Å². The molecule has 1 unspecified atom stereocenters. The van der Waals surface area contributed by atoms with Gasteiger partial charge >= 0.3 is 0 Å². The van der Waals surface area contributed by atoms with Crippen LogP contribution in [0.1, 0.15) is 12.8 Å². The van der Waals surface area contributed by atoms with Gasteiger partial charge in [-0.3, -0.25) is 0 Å². The second kappa shape index (κ2) is 7.59. The molecule has 1 aromatic rings. The average molecular weight is 370 g/mol. The van der Waals surface area contributed by atoms with Crippen LogP contribution in [0.3, 0.4) is 0 Å². The van der Waals surface area contributed by atoms with Gasteiger partial charge in [-0.05, 0) is 50.0 Å². The van der Waals surface area contributed by atoms with Crippen LogP contribution in [0.15, 0.2) is 33.6 Å². The number of benzene rings is 1. The first-order valence-corrected chi connectivity index (χ1v) is 8.31. The van der Waals surface area contributed by atoms with E-state index in [9.17, 15) is 8.42 Å². The highest BCUT2D eigenvalue weighted by Crippen LogP contribution is 2.16. The number of hydrogen-bond acceptors (Lipinski definition) is 3. The Bertz CT molecular complexity index is 504. The van der Waals surface area contributed by atoms with Gasteiger partial charge in [-0.2, -0.15) is 0 Å². The second-order valence-electron chi connectivity index (χ2n) is 4.52. The molecule has 2 N–H and O–H groups in total. The van der Waals surface area contributed by atoms with Gasteiger partial charge in [0, 0.05) is 11.0 Å². The molecule has 0 spiro atoms. The molecule has 0 saturated carbocycles. The predicted molar refractivity (Wildman–Crippen MR) is 82.2 cm³/mol. The standard InChI is InChI=1S/C12H17BrN2O2S.ClH/c13-11-4-1-5-12(7-11)18(16,17)15-9-10-3-2-6-14-8-10;/h1,4-5,7,10,14-15H,2-3,6,8-9H2;1H. The highest BCUT2D eigenvalue weighted by molar-refractivity contribution is 9.10. The molecule has 1 aliphatic rings. The summed E-state index contributed by atoms with van der Waals surface area (Å²) in [6.07, 6.45) is 2.19. The first-order chi connectivity index (χ1) is 8.58. The Morgan fingerprint density at radius 1 is 1.42 bits per heavy atom. The number of piperidine rings is 1. The third-order valence-corrected chi connectivity index (χ3v) is 4.98.